The smallest absolute Gasteiger partial charge is 0.276 e. The van der Waals surface area contributed by atoms with Gasteiger partial charge in [-0.2, -0.15) is 0 Å². The Balaban J connectivity index is 1.50. The monoisotopic (exact) mass is 284 g/mol. The summed E-state index contributed by atoms with van der Waals surface area (Å²) in [5.41, 5.74) is 4.74. The molecule has 2 amide bonds. The Morgan fingerprint density at radius 2 is 1.81 bits per heavy atom. The fourth-order valence-electron chi connectivity index (χ4n) is 2.02. The van der Waals surface area contributed by atoms with Gasteiger partial charge in [-0.05, 0) is 35.7 Å². The Hall–Kier alpha value is -2.56. The van der Waals surface area contributed by atoms with Gasteiger partial charge in [0.25, 0.3) is 5.91 Å². The number of benzene rings is 2. The highest BCUT2D eigenvalue weighted by atomic mass is 16.5. The van der Waals surface area contributed by atoms with Gasteiger partial charge in [0.05, 0.1) is 0 Å². The average Bonchev–Trinajstić information content (AvgIpc) is 3.35. The zero-order valence-corrected chi connectivity index (χ0v) is 11.5. The van der Waals surface area contributed by atoms with Gasteiger partial charge in [0, 0.05) is 5.92 Å². The standard InChI is InChI=1S/C16H16N2O3/c19-15(17-18-16(20)12-5-6-12)10-21-14-8-7-11-3-1-2-4-13(11)9-14/h1-4,7-9,12H,5-6,10H2,(H,17,19)(H,18,20). The molecule has 0 aliphatic heterocycles. The fraction of sp³-hybridized carbons (Fsp3) is 0.250. The first-order chi connectivity index (χ1) is 10.2. The number of hydrogen-bond donors (Lipinski definition) is 2. The van der Waals surface area contributed by atoms with Crippen LogP contribution < -0.4 is 15.6 Å². The molecule has 3 rings (SSSR count). The molecule has 108 valence electrons. The third-order valence-corrected chi connectivity index (χ3v) is 3.36. The molecular formula is C16H16N2O3. The van der Waals surface area contributed by atoms with E-state index in [9.17, 15) is 9.59 Å². The summed E-state index contributed by atoms with van der Waals surface area (Å²) in [6.45, 7) is -0.136. The summed E-state index contributed by atoms with van der Waals surface area (Å²) >= 11 is 0. The Labute approximate surface area is 122 Å². The summed E-state index contributed by atoms with van der Waals surface area (Å²) in [5.74, 6) is 0.176. The fourth-order valence-corrected chi connectivity index (χ4v) is 2.02. The normalized spacial score (nSPS) is 13.7. The maximum absolute atomic E-state index is 11.6. The van der Waals surface area contributed by atoms with Crippen LogP contribution in [0.3, 0.4) is 0 Å². The minimum Gasteiger partial charge on any atom is -0.484 e. The molecule has 0 spiro atoms. The molecule has 2 aromatic rings. The second-order valence-corrected chi connectivity index (χ2v) is 5.11. The quantitative estimate of drug-likeness (QED) is 0.841. The number of carbonyl (C=O) groups excluding carboxylic acids is 2. The van der Waals surface area contributed by atoms with Gasteiger partial charge in [-0.25, -0.2) is 0 Å². The van der Waals surface area contributed by atoms with Crippen LogP contribution in [-0.2, 0) is 9.59 Å². The molecule has 0 heterocycles. The van der Waals surface area contributed by atoms with E-state index in [0.29, 0.717) is 5.75 Å². The third kappa shape index (κ3) is 3.51. The summed E-state index contributed by atoms with van der Waals surface area (Å²) in [6.07, 6.45) is 1.80. The average molecular weight is 284 g/mol. The number of carbonyl (C=O) groups is 2. The molecule has 0 unspecified atom stereocenters. The predicted octanol–water partition coefficient (Wildman–Crippen LogP) is 1.78. The molecule has 0 aromatic heterocycles. The van der Waals surface area contributed by atoms with Gasteiger partial charge in [0.15, 0.2) is 6.61 Å². The molecule has 0 saturated heterocycles. The van der Waals surface area contributed by atoms with Crippen molar-refractivity contribution in [3.63, 3.8) is 0 Å². The lowest BCUT2D eigenvalue weighted by molar-refractivity contribution is -0.130. The molecule has 1 aliphatic rings. The van der Waals surface area contributed by atoms with Crippen LogP contribution in [0.5, 0.6) is 5.75 Å². The van der Waals surface area contributed by atoms with Gasteiger partial charge in [-0.1, -0.05) is 30.3 Å². The minimum atomic E-state index is -0.378. The lowest BCUT2D eigenvalue weighted by Gasteiger charge is -2.09. The van der Waals surface area contributed by atoms with E-state index in [1.807, 2.05) is 42.5 Å². The van der Waals surface area contributed by atoms with Gasteiger partial charge in [0.1, 0.15) is 5.75 Å². The molecule has 0 atom stereocenters. The van der Waals surface area contributed by atoms with E-state index in [4.69, 9.17) is 4.74 Å². The van der Waals surface area contributed by atoms with Gasteiger partial charge in [0.2, 0.25) is 5.91 Å². The number of hydrazine groups is 1. The minimum absolute atomic E-state index is 0.0618. The van der Waals surface area contributed by atoms with Crippen molar-refractivity contribution in [3.05, 3.63) is 42.5 Å². The molecule has 5 heteroatoms. The lowest BCUT2D eigenvalue weighted by atomic mass is 10.1. The van der Waals surface area contributed by atoms with E-state index in [2.05, 4.69) is 10.9 Å². The van der Waals surface area contributed by atoms with Crippen LogP contribution in [0.15, 0.2) is 42.5 Å². The zero-order valence-electron chi connectivity index (χ0n) is 11.5. The molecule has 2 aromatic carbocycles. The molecular weight excluding hydrogens is 268 g/mol. The molecule has 1 saturated carbocycles. The van der Waals surface area contributed by atoms with Gasteiger partial charge in [-0.3, -0.25) is 20.4 Å². The predicted molar refractivity (Wildman–Crippen MR) is 78.5 cm³/mol. The second-order valence-electron chi connectivity index (χ2n) is 5.11. The van der Waals surface area contributed by atoms with E-state index in [1.165, 1.54) is 0 Å². The maximum atomic E-state index is 11.6. The van der Waals surface area contributed by atoms with E-state index < -0.39 is 0 Å². The number of nitrogens with one attached hydrogen (secondary N) is 2. The first-order valence-electron chi connectivity index (χ1n) is 6.93. The van der Waals surface area contributed by atoms with Crippen molar-refractivity contribution in [2.75, 3.05) is 6.61 Å². The van der Waals surface area contributed by atoms with E-state index in [0.717, 1.165) is 23.6 Å². The van der Waals surface area contributed by atoms with Crippen LogP contribution in [0, 0.1) is 5.92 Å². The van der Waals surface area contributed by atoms with E-state index >= 15 is 0 Å². The highest BCUT2D eigenvalue weighted by Gasteiger charge is 2.29. The maximum Gasteiger partial charge on any atom is 0.276 e. The van der Waals surface area contributed by atoms with Crippen molar-refractivity contribution >= 4 is 22.6 Å². The van der Waals surface area contributed by atoms with Crippen molar-refractivity contribution in [1.82, 2.24) is 10.9 Å². The summed E-state index contributed by atoms with van der Waals surface area (Å²) in [5, 5.41) is 2.17. The van der Waals surface area contributed by atoms with Crippen LogP contribution in [0.25, 0.3) is 10.8 Å². The topological polar surface area (TPSA) is 67.4 Å². The summed E-state index contributed by atoms with van der Waals surface area (Å²) in [4.78, 5) is 22.9. The number of hydrogen-bond acceptors (Lipinski definition) is 3. The summed E-state index contributed by atoms with van der Waals surface area (Å²) in [7, 11) is 0. The van der Waals surface area contributed by atoms with Crippen molar-refractivity contribution in [2.24, 2.45) is 5.92 Å². The lowest BCUT2D eigenvalue weighted by Crippen LogP contribution is -2.44. The Morgan fingerprint density at radius 1 is 1.05 bits per heavy atom. The van der Waals surface area contributed by atoms with Gasteiger partial charge >= 0.3 is 0 Å². The van der Waals surface area contributed by atoms with Crippen LogP contribution >= 0.6 is 0 Å². The molecule has 2 N–H and O–H groups in total. The molecule has 0 bridgehead atoms. The Morgan fingerprint density at radius 3 is 2.57 bits per heavy atom. The molecule has 1 aliphatic carbocycles. The third-order valence-electron chi connectivity index (χ3n) is 3.36. The van der Waals surface area contributed by atoms with Crippen molar-refractivity contribution < 1.29 is 14.3 Å². The SMILES string of the molecule is O=C(COc1ccc2ccccc2c1)NNC(=O)C1CC1. The number of amides is 2. The van der Waals surface area contributed by atoms with E-state index in [1.54, 1.807) is 0 Å². The molecule has 21 heavy (non-hydrogen) atoms. The molecule has 5 nitrogen and oxygen atoms in total. The molecule has 1 fully saturated rings. The van der Waals surface area contributed by atoms with Gasteiger partial charge in [-0.15, -0.1) is 0 Å². The zero-order chi connectivity index (χ0) is 14.7. The highest BCUT2D eigenvalue weighted by molar-refractivity contribution is 5.85. The van der Waals surface area contributed by atoms with Crippen LogP contribution in [0.2, 0.25) is 0 Å². The number of fused-ring (bicyclic) bond motifs is 1. The van der Waals surface area contributed by atoms with Crippen molar-refractivity contribution in [2.45, 2.75) is 12.8 Å². The van der Waals surface area contributed by atoms with Crippen LogP contribution in [0.4, 0.5) is 0 Å². The summed E-state index contributed by atoms with van der Waals surface area (Å²) in [6, 6.07) is 13.6. The van der Waals surface area contributed by atoms with Gasteiger partial charge < -0.3 is 4.74 Å². The highest BCUT2D eigenvalue weighted by Crippen LogP contribution is 2.28. The Bertz CT molecular complexity index is 680. The Kier molecular flexibility index (Phi) is 3.73. The van der Waals surface area contributed by atoms with Crippen molar-refractivity contribution in [3.8, 4) is 5.75 Å². The summed E-state index contributed by atoms with van der Waals surface area (Å²) < 4.78 is 5.42. The number of ether oxygens (including phenoxy) is 1. The van der Waals surface area contributed by atoms with E-state index in [-0.39, 0.29) is 24.3 Å². The first-order valence-corrected chi connectivity index (χ1v) is 6.93. The van der Waals surface area contributed by atoms with Crippen LogP contribution in [-0.4, -0.2) is 18.4 Å². The molecule has 0 radical (unpaired) electrons. The first kappa shape index (κ1) is 13.4. The number of rotatable bonds is 4. The van der Waals surface area contributed by atoms with Crippen LogP contribution in [0.1, 0.15) is 12.8 Å². The largest absolute Gasteiger partial charge is 0.484 e. The van der Waals surface area contributed by atoms with Crippen molar-refractivity contribution in [1.29, 1.82) is 0 Å². The second kappa shape index (κ2) is 5.83.